The minimum Gasteiger partial charge on any atom is -0.489 e. The van der Waals surface area contributed by atoms with Gasteiger partial charge in [-0.1, -0.05) is 6.07 Å². The fourth-order valence-corrected chi connectivity index (χ4v) is 3.52. The number of carbonyl (C=O) groups is 3. The van der Waals surface area contributed by atoms with Crippen molar-refractivity contribution in [2.24, 2.45) is 0 Å². The summed E-state index contributed by atoms with van der Waals surface area (Å²) in [6.45, 7) is -0.144. The van der Waals surface area contributed by atoms with Crippen LogP contribution < -0.4 is 15.0 Å². The summed E-state index contributed by atoms with van der Waals surface area (Å²) in [6, 6.07) is 5.98. The molecule has 2 aromatic carbocycles. The Morgan fingerprint density at radius 3 is 2.07 bits per heavy atom. The first-order valence-electron chi connectivity index (χ1n) is 11.4. The quantitative estimate of drug-likeness (QED) is 0.290. The van der Waals surface area contributed by atoms with Gasteiger partial charge in [-0.15, -0.1) is 0 Å². The lowest BCUT2D eigenvalue weighted by atomic mass is 10.0. The number of fused-ring (bicyclic) bond motifs is 1. The standard InChI is InChI=1S/C22H20F6N2O4.C2HF3O2/c23-21(24,25)15-2-1-14(17(10-15)22(26,27)28)12-34-16-3-4-18-13(9-16)6-8-30(18)19(31)11-29-7-5-20(32)33;3-2(4,5)1(6)7/h1-4,9-10,29H,5-8,11-12H2,(H,32,33);(H,6,7). The maximum Gasteiger partial charge on any atom is 0.490 e. The number of rotatable bonds is 8. The van der Waals surface area contributed by atoms with Crippen LogP contribution in [0.15, 0.2) is 36.4 Å². The van der Waals surface area contributed by atoms with Crippen molar-refractivity contribution in [2.75, 3.05) is 24.5 Å². The van der Waals surface area contributed by atoms with E-state index in [2.05, 4.69) is 5.32 Å². The Morgan fingerprint density at radius 2 is 1.54 bits per heavy atom. The molecule has 0 saturated heterocycles. The van der Waals surface area contributed by atoms with Crippen molar-refractivity contribution in [1.29, 1.82) is 0 Å². The number of carbonyl (C=O) groups excluding carboxylic acids is 1. The first-order chi connectivity index (χ1) is 18.8. The van der Waals surface area contributed by atoms with E-state index in [0.717, 1.165) is 11.6 Å². The third-order valence-corrected chi connectivity index (χ3v) is 5.42. The Bertz CT molecular complexity index is 1260. The van der Waals surface area contributed by atoms with Crippen molar-refractivity contribution in [3.05, 3.63) is 58.7 Å². The second-order valence-corrected chi connectivity index (χ2v) is 8.37. The largest absolute Gasteiger partial charge is 0.490 e. The summed E-state index contributed by atoms with van der Waals surface area (Å²) in [5.74, 6) is -3.80. The molecule has 1 aliphatic rings. The van der Waals surface area contributed by atoms with Gasteiger partial charge in [-0.2, -0.15) is 39.5 Å². The Kier molecular flexibility index (Phi) is 10.6. The van der Waals surface area contributed by atoms with E-state index in [0.29, 0.717) is 24.7 Å². The Hall–Kier alpha value is -4.02. The second-order valence-electron chi connectivity index (χ2n) is 8.37. The highest BCUT2D eigenvalue weighted by Gasteiger charge is 2.39. The highest BCUT2D eigenvalue weighted by Crippen LogP contribution is 2.38. The molecule has 226 valence electrons. The van der Waals surface area contributed by atoms with Gasteiger partial charge < -0.3 is 25.2 Å². The third kappa shape index (κ3) is 9.84. The van der Waals surface area contributed by atoms with Gasteiger partial charge in [-0.25, -0.2) is 4.79 Å². The lowest BCUT2D eigenvalue weighted by Gasteiger charge is -2.18. The van der Waals surface area contributed by atoms with Crippen LogP contribution in [0, 0.1) is 0 Å². The molecule has 41 heavy (non-hydrogen) atoms. The van der Waals surface area contributed by atoms with Crippen molar-refractivity contribution in [2.45, 2.75) is 38.0 Å². The van der Waals surface area contributed by atoms with Gasteiger partial charge >= 0.3 is 30.5 Å². The Morgan fingerprint density at radius 1 is 0.902 bits per heavy atom. The van der Waals surface area contributed by atoms with Gasteiger partial charge in [0.05, 0.1) is 24.1 Å². The molecule has 1 heterocycles. The van der Waals surface area contributed by atoms with Crippen LogP contribution >= 0.6 is 0 Å². The monoisotopic (exact) mass is 604 g/mol. The molecular weight excluding hydrogens is 583 g/mol. The molecule has 2 aromatic rings. The maximum atomic E-state index is 13.3. The van der Waals surface area contributed by atoms with Crippen LogP contribution in [0.3, 0.4) is 0 Å². The molecule has 1 aliphatic heterocycles. The number of hydrogen-bond acceptors (Lipinski definition) is 5. The summed E-state index contributed by atoms with van der Waals surface area (Å²) in [4.78, 5) is 33.3. The number of carboxylic acids is 2. The minimum atomic E-state index is -5.08. The zero-order valence-electron chi connectivity index (χ0n) is 20.6. The second kappa shape index (κ2) is 13.1. The van der Waals surface area contributed by atoms with Gasteiger partial charge in [0, 0.05) is 24.3 Å². The number of nitrogens with one attached hydrogen (secondary N) is 1. The molecule has 3 rings (SSSR count). The van der Waals surface area contributed by atoms with Crippen molar-refractivity contribution >= 4 is 23.5 Å². The number of alkyl halides is 9. The summed E-state index contributed by atoms with van der Waals surface area (Å²) >= 11 is 0. The van der Waals surface area contributed by atoms with Gasteiger partial charge in [0.1, 0.15) is 12.4 Å². The Labute approximate surface area is 225 Å². The van der Waals surface area contributed by atoms with Crippen LogP contribution in [0.1, 0.15) is 28.7 Å². The maximum absolute atomic E-state index is 13.3. The first kappa shape index (κ1) is 33.2. The van der Waals surface area contributed by atoms with E-state index in [4.69, 9.17) is 19.7 Å². The molecular formula is C24H21F9N2O6. The van der Waals surface area contributed by atoms with Crippen LogP contribution in [0.25, 0.3) is 0 Å². The SMILES string of the molecule is O=C(O)C(F)(F)F.O=C(O)CCNCC(=O)N1CCc2cc(OCc3ccc(C(F)(F)F)cc3C(F)(F)F)ccc21. The number of halogens is 9. The number of anilines is 1. The van der Waals surface area contributed by atoms with E-state index in [1.54, 1.807) is 12.1 Å². The summed E-state index contributed by atoms with van der Waals surface area (Å²) < 4.78 is 116. The molecule has 1 amide bonds. The normalized spacial score (nSPS) is 13.2. The molecule has 0 atom stereocenters. The topological polar surface area (TPSA) is 116 Å². The average Bonchev–Trinajstić information content (AvgIpc) is 3.27. The van der Waals surface area contributed by atoms with Crippen molar-refractivity contribution < 1.29 is 68.8 Å². The molecule has 0 unspecified atom stereocenters. The zero-order valence-corrected chi connectivity index (χ0v) is 20.6. The summed E-state index contributed by atoms with van der Waals surface area (Å²) in [6.07, 6.45) is -14.6. The molecule has 0 bridgehead atoms. The molecule has 0 saturated carbocycles. The third-order valence-electron chi connectivity index (χ3n) is 5.42. The van der Waals surface area contributed by atoms with Gasteiger partial charge in [0.2, 0.25) is 5.91 Å². The highest BCUT2D eigenvalue weighted by atomic mass is 19.4. The predicted molar refractivity (Wildman–Crippen MR) is 122 cm³/mol. The number of benzene rings is 2. The number of carboxylic acid groups (broad SMARTS) is 2. The van der Waals surface area contributed by atoms with E-state index in [9.17, 15) is 49.1 Å². The lowest BCUT2D eigenvalue weighted by Crippen LogP contribution is -2.37. The van der Waals surface area contributed by atoms with Gasteiger partial charge in [-0.3, -0.25) is 9.59 Å². The van der Waals surface area contributed by atoms with Crippen molar-refractivity contribution in [3.63, 3.8) is 0 Å². The molecule has 0 aliphatic carbocycles. The molecule has 0 fully saturated rings. The first-order valence-corrected chi connectivity index (χ1v) is 11.4. The number of aliphatic carboxylic acids is 2. The zero-order chi connectivity index (χ0) is 31.2. The van der Waals surface area contributed by atoms with E-state index >= 15 is 0 Å². The van der Waals surface area contributed by atoms with Gasteiger partial charge in [0.15, 0.2) is 0 Å². The highest BCUT2D eigenvalue weighted by molar-refractivity contribution is 5.96. The number of nitrogens with zero attached hydrogens (tertiary/aromatic N) is 1. The fraction of sp³-hybridized carbons (Fsp3) is 0.375. The van der Waals surface area contributed by atoms with Crippen LogP contribution in [-0.2, 0) is 39.8 Å². The molecule has 0 spiro atoms. The smallest absolute Gasteiger partial charge is 0.489 e. The van der Waals surface area contributed by atoms with E-state index in [1.807, 2.05) is 0 Å². The summed E-state index contributed by atoms with van der Waals surface area (Å²) in [5, 5.41) is 18.5. The van der Waals surface area contributed by atoms with Crippen LogP contribution in [0.2, 0.25) is 0 Å². The predicted octanol–water partition coefficient (Wildman–Crippen LogP) is 4.89. The van der Waals surface area contributed by atoms with E-state index in [1.165, 1.54) is 11.0 Å². The number of hydrogen-bond donors (Lipinski definition) is 3. The molecule has 0 radical (unpaired) electrons. The lowest BCUT2D eigenvalue weighted by molar-refractivity contribution is -0.192. The number of amides is 1. The number of ether oxygens (including phenoxy) is 1. The van der Waals surface area contributed by atoms with Crippen LogP contribution in [0.5, 0.6) is 5.75 Å². The van der Waals surface area contributed by atoms with E-state index in [-0.39, 0.29) is 37.2 Å². The summed E-state index contributed by atoms with van der Waals surface area (Å²) in [7, 11) is 0. The van der Waals surface area contributed by atoms with Crippen LogP contribution in [-0.4, -0.2) is 53.9 Å². The van der Waals surface area contributed by atoms with Crippen LogP contribution in [0.4, 0.5) is 45.2 Å². The van der Waals surface area contributed by atoms with Crippen molar-refractivity contribution in [3.8, 4) is 5.75 Å². The average molecular weight is 604 g/mol. The molecule has 8 nitrogen and oxygen atoms in total. The van der Waals surface area contributed by atoms with Crippen molar-refractivity contribution in [1.82, 2.24) is 5.32 Å². The van der Waals surface area contributed by atoms with Gasteiger partial charge in [0.25, 0.3) is 0 Å². The Balaban J connectivity index is 0.000000745. The van der Waals surface area contributed by atoms with Gasteiger partial charge in [-0.05, 0) is 42.3 Å². The minimum absolute atomic E-state index is 0.0564. The molecule has 0 aromatic heterocycles. The fourth-order valence-electron chi connectivity index (χ4n) is 3.52. The van der Waals surface area contributed by atoms with E-state index < -0.39 is 53.8 Å². The molecule has 17 heteroatoms. The molecule has 3 N–H and O–H groups in total. The summed E-state index contributed by atoms with van der Waals surface area (Å²) in [5.41, 5.74) is -1.94.